The number of rotatable bonds is 4. The predicted octanol–water partition coefficient (Wildman–Crippen LogP) is 0.380. The lowest BCUT2D eigenvalue weighted by molar-refractivity contribution is 0.0369. The van der Waals surface area contributed by atoms with E-state index in [1.807, 2.05) is 6.08 Å². The van der Waals surface area contributed by atoms with Crippen LogP contribution < -0.4 is 0 Å². The number of hydrogen-bond donors (Lipinski definition) is 2. The zero-order valence-electron chi connectivity index (χ0n) is 8.19. The van der Waals surface area contributed by atoms with Crippen LogP contribution in [0.2, 0.25) is 0 Å². The van der Waals surface area contributed by atoms with E-state index in [-0.39, 0.29) is 12.6 Å². The Labute approximate surface area is 79.7 Å². The number of hydrogen-bond acceptors (Lipinski definition) is 3. The van der Waals surface area contributed by atoms with Crippen molar-refractivity contribution < 1.29 is 10.2 Å². The van der Waals surface area contributed by atoms with Gasteiger partial charge in [-0.1, -0.05) is 25.5 Å². The molecule has 0 saturated heterocycles. The molecule has 0 aromatic heterocycles. The van der Waals surface area contributed by atoms with Crippen LogP contribution in [-0.4, -0.2) is 47.0 Å². The number of nitrogens with zero attached hydrogens (tertiary/aromatic N) is 1. The van der Waals surface area contributed by atoms with E-state index in [9.17, 15) is 5.11 Å². The molecule has 0 aliphatic carbocycles. The highest BCUT2D eigenvalue weighted by molar-refractivity contribution is 5.02. The molecule has 1 heterocycles. The summed E-state index contributed by atoms with van der Waals surface area (Å²) >= 11 is 0. The van der Waals surface area contributed by atoms with Crippen LogP contribution in [0.4, 0.5) is 0 Å². The van der Waals surface area contributed by atoms with E-state index < -0.39 is 6.10 Å². The summed E-state index contributed by atoms with van der Waals surface area (Å²) in [5, 5.41) is 18.6. The molecule has 1 rings (SSSR count). The molecule has 0 unspecified atom stereocenters. The molecule has 2 atom stereocenters. The van der Waals surface area contributed by atoms with Crippen LogP contribution in [0.3, 0.4) is 0 Å². The van der Waals surface area contributed by atoms with Gasteiger partial charge in [0.1, 0.15) is 0 Å². The van der Waals surface area contributed by atoms with Gasteiger partial charge in [-0.3, -0.25) is 4.90 Å². The minimum absolute atomic E-state index is 0.0369. The second-order valence-electron chi connectivity index (χ2n) is 3.52. The minimum Gasteiger partial charge on any atom is -0.395 e. The van der Waals surface area contributed by atoms with E-state index in [2.05, 4.69) is 11.8 Å². The normalized spacial score (nSPS) is 29.5. The smallest absolute Gasteiger partial charge is 0.0899 e. The van der Waals surface area contributed by atoms with Crippen molar-refractivity contribution >= 4 is 0 Å². The Morgan fingerprint density at radius 2 is 2.31 bits per heavy atom. The first-order valence-electron chi connectivity index (χ1n) is 4.99. The summed E-state index contributed by atoms with van der Waals surface area (Å²) in [6.45, 7) is 3.99. The standard InChI is InChI=1S/C10H19NO2/c1-2-3-6-11-7-4-5-10(13)9(11)8-12/h4-5,9-10,12-13H,2-3,6-8H2,1H3/t9-,10-/m1/s1. The van der Waals surface area contributed by atoms with Gasteiger partial charge in [0.25, 0.3) is 0 Å². The van der Waals surface area contributed by atoms with Crippen molar-refractivity contribution in [1.82, 2.24) is 4.90 Å². The molecule has 0 bridgehead atoms. The Hall–Kier alpha value is -0.380. The molecule has 0 aromatic carbocycles. The van der Waals surface area contributed by atoms with Gasteiger partial charge in [-0.15, -0.1) is 0 Å². The summed E-state index contributed by atoms with van der Waals surface area (Å²) in [7, 11) is 0. The number of aliphatic hydroxyl groups is 2. The van der Waals surface area contributed by atoms with Crippen LogP contribution in [0.15, 0.2) is 12.2 Å². The molecule has 3 heteroatoms. The zero-order valence-corrected chi connectivity index (χ0v) is 8.19. The Bertz CT molecular complexity index is 170. The SMILES string of the molecule is CCCCN1CC=C[C@@H](O)[C@H]1CO. The highest BCUT2D eigenvalue weighted by Crippen LogP contribution is 2.12. The van der Waals surface area contributed by atoms with E-state index in [0.29, 0.717) is 0 Å². The Kier molecular flexibility index (Phi) is 4.42. The number of unbranched alkanes of at least 4 members (excludes halogenated alkanes) is 1. The van der Waals surface area contributed by atoms with Gasteiger partial charge in [-0.05, 0) is 13.0 Å². The maximum absolute atomic E-state index is 9.55. The summed E-state index contributed by atoms with van der Waals surface area (Å²) in [5.41, 5.74) is 0. The summed E-state index contributed by atoms with van der Waals surface area (Å²) in [6.07, 6.45) is 5.50. The Morgan fingerprint density at radius 3 is 2.92 bits per heavy atom. The Balaban J connectivity index is 2.46. The highest BCUT2D eigenvalue weighted by atomic mass is 16.3. The monoisotopic (exact) mass is 185 g/mol. The summed E-state index contributed by atoms with van der Waals surface area (Å²) in [5.74, 6) is 0. The first-order chi connectivity index (χ1) is 6.29. The van der Waals surface area contributed by atoms with Gasteiger partial charge in [-0.2, -0.15) is 0 Å². The largest absolute Gasteiger partial charge is 0.395 e. The zero-order chi connectivity index (χ0) is 9.68. The van der Waals surface area contributed by atoms with Crippen molar-refractivity contribution in [3.05, 3.63) is 12.2 Å². The van der Waals surface area contributed by atoms with E-state index in [4.69, 9.17) is 5.11 Å². The molecule has 0 spiro atoms. The molecule has 0 radical (unpaired) electrons. The number of aliphatic hydroxyl groups excluding tert-OH is 2. The molecular formula is C10H19NO2. The molecule has 3 nitrogen and oxygen atoms in total. The van der Waals surface area contributed by atoms with Crippen LogP contribution in [0, 0.1) is 0 Å². The van der Waals surface area contributed by atoms with Crippen LogP contribution >= 0.6 is 0 Å². The van der Waals surface area contributed by atoms with Gasteiger partial charge in [0.15, 0.2) is 0 Å². The fourth-order valence-corrected chi connectivity index (χ4v) is 1.66. The Morgan fingerprint density at radius 1 is 1.54 bits per heavy atom. The van der Waals surface area contributed by atoms with Gasteiger partial charge in [0, 0.05) is 6.54 Å². The molecule has 76 valence electrons. The maximum Gasteiger partial charge on any atom is 0.0899 e. The van der Waals surface area contributed by atoms with Gasteiger partial charge >= 0.3 is 0 Å². The van der Waals surface area contributed by atoms with E-state index in [0.717, 1.165) is 25.9 Å². The molecule has 1 aliphatic rings. The third kappa shape index (κ3) is 2.79. The maximum atomic E-state index is 9.55. The molecule has 0 aromatic rings. The van der Waals surface area contributed by atoms with Gasteiger partial charge in [-0.25, -0.2) is 0 Å². The van der Waals surface area contributed by atoms with Crippen molar-refractivity contribution in [2.75, 3.05) is 19.7 Å². The molecule has 13 heavy (non-hydrogen) atoms. The van der Waals surface area contributed by atoms with Crippen LogP contribution in [0.1, 0.15) is 19.8 Å². The predicted molar refractivity (Wildman–Crippen MR) is 52.5 cm³/mol. The quantitative estimate of drug-likeness (QED) is 0.622. The molecule has 0 saturated carbocycles. The fourth-order valence-electron chi connectivity index (χ4n) is 1.66. The second kappa shape index (κ2) is 5.37. The molecular weight excluding hydrogens is 166 g/mol. The average Bonchev–Trinajstić information content (AvgIpc) is 2.15. The lowest BCUT2D eigenvalue weighted by Crippen LogP contribution is -2.48. The molecule has 0 fully saturated rings. The topological polar surface area (TPSA) is 43.7 Å². The van der Waals surface area contributed by atoms with Crippen molar-refractivity contribution in [1.29, 1.82) is 0 Å². The van der Waals surface area contributed by atoms with Crippen LogP contribution in [-0.2, 0) is 0 Å². The van der Waals surface area contributed by atoms with Crippen LogP contribution in [0.5, 0.6) is 0 Å². The average molecular weight is 185 g/mol. The van der Waals surface area contributed by atoms with Crippen molar-refractivity contribution in [2.24, 2.45) is 0 Å². The van der Waals surface area contributed by atoms with E-state index in [1.54, 1.807) is 6.08 Å². The van der Waals surface area contributed by atoms with Gasteiger partial charge in [0.2, 0.25) is 0 Å². The summed E-state index contributed by atoms with van der Waals surface area (Å²) in [4.78, 5) is 2.13. The fraction of sp³-hybridized carbons (Fsp3) is 0.800. The van der Waals surface area contributed by atoms with Crippen molar-refractivity contribution in [3.8, 4) is 0 Å². The minimum atomic E-state index is -0.504. The van der Waals surface area contributed by atoms with Gasteiger partial charge < -0.3 is 10.2 Å². The molecule has 0 amide bonds. The lowest BCUT2D eigenvalue weighted by Gasteiger charge is -2.34. The second-order valence-corrected chi connectivity index (χ2v) is 3.52. The third-order valence-corrected chi connectivity index (χ3v) is 2.52. The molecule has 1 aliphatic heterocycles. The van der Waals surface area contributed by atoms with Gasteiger partial charge in [0.05, 0.1) is 18.8 Å². The first kappa shape index (κ1) is 10.7. The van der Waals surface area contributed by atoms with Crippen molar-refractivity contribution in [3.63, 3.8) is 0 Å². The third-order valence-electron chi connectivity index (χ3n) is 2.52. The summed E-state index contributed by atoms with van der Waals surface area (Å²) < 4.78 is 0. The summed E-state index contributed by atoms with van der Waals surface area (Å²) in [6, 6.07) is -0.100. The lowest BCUT2D eigenvalue weighted by atomic mass is 10.1. The first-order valence-corrected chi connectivity index (χ1v) is 4.99. The van der Waals surface area contributed by atoms with E-state index in [1.165, 1.54) is 0 Å². The highest BCUT2D eigenvalue weighted by Gasteiger charge is 2.25. The van der Waals surface area contributed by atoms with Crippen LogP contribution in [0.25, 0.3) is 0 Å². The van der Waals surface area contributed by atoms with E-state index >= 15 is 0 Å². The molecule has 2 N–H and O–H groups in total. The van der Waals surface area contributed by atoms with Crippen molar-refractivity contribution in [2.45, 2.75) is 31.9 Å².